The van der Waals surface area contributed by atoms with Crippen molar-refractivity contribution in [2.75, 3.05) is 0 Å². The fraction of sp³-hybridized carbons (Fsp3) is 0. The van der Waals surface area contributed by atoms with Crippen molar-refractivity contribution in [1.82, 2.24) is 15.0 Å². The van der Waals surface area contributed by atoms with Gasteiger partial charge in [-0.25, -0.2) is 15.0 Å². The Morgan fingerprint density at radius 2 is 0.821 bits per heavy atom. The van der Waals surface area contributed by atoms with E-state index in [1.165, 1.54) is 0 Å². The first-order chi connectivity index (χ1) is 27.8. The highest BCUT2D eigenvalue weighted by Crippen LogP contribution is 2.46. The van der Waals surface area contributed by atoms with Gasteiger partial charge < -0.3 is 8.83 Å². The van der Waals surface area contributed by atoms with Crippen molar-refractivity contribution in [1.29, 1.82) is 0 Å². The largest absolute Gasteiger partial charge is 0.456 e. The number of hydrogen-bond donors (Lipinski definition) is 0. The van der Waals surface area contributed by atoms with Gasteiger partial charge in [-0.05, 0) is 46.5 Å². The molecule has 0 aliphatic rings. The van der Waals surface area contributed by atoms with E-state index in [-0.39, 0.29) is 0 Å². The van der Waals surface area contributed by atoms with E-state index in [1.807, 2.05) is 91.0 Å². The highest BCUT2D eigenvalue weighted by molar-refractivity contribution is 6.16. The summed E-state index contributed by atoms with van der Waals surface area (Å²) in [6.07, 6.45) is 0. The molecule has 0 N–H and O–H groups in total. The summed E-state index contributed by atoms with van der Waals surface area (Å²) in [5.41, 5.74) is 12.6. The van der Waals surface area contributed by atoms with E-state index in [2.05, 4.69) is 97.1 Å². The molecule has 11 rings (SSSR count). The molecule has 56 heavy (non-hydrogen) atoms. The summed E-state index contributed by atoms with van der Waals surface area (Å²) in [6.45, 7) is 0. The molecule has 0 saturated carbocycles. The first kappa shape index (κ1) is 31.9. The Labute approximate surface area is 322 Å². The summed E-state index contributed by atoms with van der Waals surface area (Å²) in [5.74, 6) is 1.84. The Kier molecular flexibility index (Phi) is 7.42. The van der Waals surface area contributed by atoms with Crippen LogP contribution in [0.1, 0.15) is 0 Å². The van der Waals surface area contributed by atoms with Crippen LogP contribution in [0.4, 0.5) is 0 Å². The molecule has 0 aliphatic heterocycles. The van der Waals surface area contributed by atoms with E-state index in [0.717, 1.165) is 93.9 Å². The highest BCUT2D eigenvalue weighted by atomic mass is 16.3. The minimum atomic E-state index is 0.602. The van der Waals surface area contributed by atoms with Crippen LogP contribution in [0.25, 0.3) is 111 Å². The predicted octanol–water partition coefficient (Wildman–Crippen LogP) is 13.7. The molecule has 3 heterocycles. The van der Waals surface area contributed by atoms with Crippen LogP contribution >= 0.6 is 0 Å². The van der Waals surface area contributed by atoms with Gasteiger partial charge in [0.05, 0.1) is 0 Å². The van der Waals surface area contributed by atoms with Crippen molar-refractivity contribution >= 4 is 43.9 Å². The van der Waals surface area contributed by atoms with Crippen LogP contribution in [0.15, 0.2) is 197 Å². The number of para-hydroxylation sites is 3. The standard InChI is InChI=1S/C51H31N3O2/c1-3-14-34(15-4-1)49-52-50(35-16-5-2-6-17-35)54-51(53-49)41-20-8-7-18-37(41)39-30-31-45-47(42-21-10-12-25-44(42)55-45)46(39)33-28-26-32(27-29-33)36-22-13-23-40-38-19-9-11-24-43(38)56-48(36)40/h1-31H. The first-order valence-corrected chi connectivity index (χ1v) is 18.7. The van der Waals surface area contributed by atoms with Crippen LogP contribution in [-0.2, 0) is 0 Å². The Morgan fingerprint density at radius 1 is 0.286 bits per heavy atom. The smallest absolute Gasteiger partial charge is 0.164 e. The summed E-state index contributed by atoms with van der Waals surface area (Å²) < 4.78 is 12.9. The first-order valence-electron chi connectivity index (χ1n) is 18.7. The van der Waals surface area contributed by atoms with Gasteiger partial charge >= 0.3 is 0 Å². The lowest BCUT2D eigenvalue weighted by Crippen LogP contribution is -2.01. The van der Waals surface area contributed by atoms with E-state index in [4.69, 9.17) is 23.8 Å². The summed E-state index contributed by atoms with van der Waals surface area (Å²) in [5, 5.41) is 4.35. The van der Waals surface area contributed by atoms with Gasteiger partial charge in [0, 0.05) is 49.4 Å². The topological polar surface area (TPSA) is 65.0 Å². The molecule has 0 spiro atoms. The molecule has 5 heteroatoms. The van der Waals surface area contributed by atoms with E-state index in [1.54, 1.807) is 0 Å². The number of nitrogens with zero attached hydrogens (tertiary/aromatic N) is 3. The predicted molar refractivity (Wildman–Crippen MR) is 227 cm³/mol. The molecule has 11 aromatic rings. The second kappa shape index (κ2) is 13.0. The van der Waals surface area contributed by atoms with Gasteiger partial charge in [-0.15, -0.1) is 0 Å². The summed E-state index contributed by atoms with van der Waals surface area (Å²) in [7, 11) is 0. The highest BCUT2D eigenvalue weighted by Gasteiger charge is 2.22. The summed E-state index contributed by atoms with van der Waals surface area (Å²) in [6, 6.07) is 64.5. The maximum atomic E-state index is 6.47. The van der Waals surface area contributed by atoms with Crippen molar-refractivity contribution in [2.45, 2.75) is 0 Å². The van der Waals surface area contributed by atoms with Crippen LogP contribution in [0.5, 0.6) is 0 Å². The molecule has 3 aromatic heterocycles. The van der Waals surface area contributed by atoms with Crippen LogP contribution in [-0.4, -0.2) is 15.0 Å². The molecule has 0 saturated heterocycles. The van der Waals surface area contributed by atoms with Crippen molar-refractivity contribution in [2.24, 2.45) is 0 Å². The second-order valence-electron chi connectivity index (χ2n) is 13.9. The Bertz CT molecular complexity index is 3180. The molecular weight excluding hydrogens is 687 g/mol. The Hall–Kier alpha value is -7.63. The quantitative estimate of drug-likeness (QED) is 0.171. The van der Waals surface area contributed by atoms with E-state index < -0.39 is 0 Å². The minimum absolute atomic E-state index is 0.602. The zero-order valence-corrected chi connectivity index (χ0v) is 30.1. The second-order valence-corrected chi connectivity index (χ2v) is 13.9. The van der Waals surface area contributed by atoms with Gasteiger partial charge in [0.25, 0.3) is 0 Å². The van der Waals surface area contributed by atoms with Crippen LogP contribution in [0.3, 0.4) is 0 Å². The molecule has 0 fully saturated rings. The zero-order chi connectivity index (χ0) is 37.0. The number of aromatic nitrogens is 3. The third-order valence-electron chi connectivity index (χ3n) is 10.6. The SMILES string of the molecule is c1ccc(-c2nc(-c3ccccc3)nc(-c3ccccc3-c3ccc4oc5ccccc5c4c3-c3ccc(-c4cccc5c4oc4ccccc45)cc3)n2)cc1. The van der Waals surface area contributed by atoms with Crippen LogP contribution < -0.4 is 0 Å². The molecule has 5 nitrogen and oxygen atoms in total. The third-order valence-corrected chi connectivity index (χ3v) is 10.6. The lowest BCUT2D eigenvalue weighted by atomic mass is 9.88. The fourth-order valence-corrected chi connectivity index (χ4v) is 7.97. The normalized spacial score (nSPS) is 11.6. The molecule has 0 bridgehead atoms. The molecule has 0 radical (unpaired) electrons. The lowest BCUT2D eigenvalue weighted by molar-refractivity contribution is 0.669. The molecule has 0 amide bonds. The van der Waals surface area contributed by atoms with Gasteiger partial charge in [-0.3, -0.25) is 0 Å². The molecule has 262 valence electrons. The van der Waals surface area contributed by atoms with E-state index in [9.17, 15) is 0 Å². The number of fused-ring (bicyclic) bond motifs is 6. The van der Waals surface area contributed by atoms with Crippen LogP contribution in [0.2, 0.25) is 0 Å². The van der Waals surface area contributed by atoms with Crippen molar-refractivity contribution in [3.63, 3.8) is 0 Å². The molecule has 0 atom stereocenters. The average Bonchev–Trinajstić information content (AvgIpc) is 3.85. The molecule has 0 unspecified atom stereocenters. The third kappa shape index (κ3) is 5.29. The van der Waals surface area contributed by atoms with Gasteiger partial charge in [-0.1, -0.05) is 164 Å². The maximum absolute atomic E-state index is 6.47. The monoisotopic (exact) mass is 717 g/mol. The van der Waals surface area contributed by atoms with Gasteiger partial charge in [0.15, 0.2) is 17.5 Å². The maximum Gasteiger partial charge on any atom is 0.164 e. The molecule has 8 aromatic carbocycles. The zero-order valence-electron chi connectivity index (χ0n) is 30.1. The molecular formula is C51H31N3O2. The molecule has 0 aliphatic carbocycles. The fourth-order valence-electron chi connectivity index (χ4n) is 7.97. The number of benzene rings is 8. The van der Waals surface area contributed by atoms with Gasteiger partial charge in [-0.2, -0.15) is 0 Å². The lowest BCUT2D eigenvalue weighted by Gasteiger charge is -2.16. The summed E-state index contributed by atoms with van der Waals surface area (Å²) >= 11 is 0. The number of hydrogen-bond acceptors (Lipinski definition) is 5. The van der Waals surface area contributed by atoms with E-state index in [0.29, 0.717) is 17.5 Å². The summed E-state index contributed by atoms with van der Waals surface area (Å²) in [4.78, 5) is 15.2. The van der Waals surface area contributed by atoms with Gasteiger partial charge in [0.1, 0.15) is 22.3 Å². The number of rotatable bonds is 6. The minimum Gasteiger partial charge on any atom is -0.456 e. The number of furan rings is 2. The Balaban J connectivity index is 1.12. The Morgan fingerprint density at radius 3 is 1.54 bits per heavy atom. The van der Waals surface area contributed by atoms with Crippen molar-refractivity contribution in [3.8, 4) is 67.5 Å². The average molecular weight is 718 g/mol. The van der Waals surface area contributed by atoms with Crippen molar-refractivity contribution in [3.05, 3.63) is 188 Å². The van der Waals surface area contributed by atoms with Crippen LogP contribution in [0, 0.1) is 0 Å². The van der Waals surface area contributed by atoms with Crippen molar-refractivity contribution < 1.29 is 8.83 Å². The van der Waals surface area contributed by atoms with E-state index >= 15 is 0 Å². The van der Waals surface area contributed by atoms with Gasteiger partial charge in [0.2, 0.25) is 0 Å².